The summed E-state index contributed by atoms with van der Waals surface area (Å²) in [7, 11) is 2.85. The number of aliphatic hydroxyl groups is 1. The fraction of sp³-hybridized carbons (Fsp3) is 0.594. The molecule has 2 fully saturated rings. The van der Waals surface area contributed by atoms with Crippen molar-refractivity contribution in [1.29, 1.82) is 0 Å². The van der Waals surface area contributed by atoms with Gasteiger partial charge < -0.3 is 36.6 Å². The molecule has 4 amide bonds. The lowest BCUT2D eigenvalue weighted by Gasteiger charge is -2.56. The average Bonchev–Trinajstić information content (AvgIpc) is 2.89. The molecule has 15 heteroatoms. The van der Waals surface area contributed by atoms with Gasteiger partial charge in [0.15, 0.2) is 23.3 Å². The minimum absolute atomic E-state index is 0.150. The number of fused-ring (bicyclic) bond motifs is 3. The number of urea groups is 1. The number of aromatic hydroxyl groups is 1. The van der Waals surface area contributed by atoms with Crippen LogP contribution in [0, 0.1) is 23.7 Å². The van der Waals surface area contributed by atoms with E-state index in [2.05, 4.69) is 16.0 Å². The maximum Gasteiger partial charge on any atom is 0.409 e. The lowest BCUT2D eigenvalue weighted by atomic mass is 9.49. The highest BCUT2D eigenvalue weighted by Gasteiger charge is 2.75. The van der Waals surface area contributed by atoms with Gasteiger partial charge in [0, 0.05) is 17.0 Å². The number of carbonyl (C=O) groups excluding carboxylic acids is 7. The van der Waals surface area contributed by atoms with E-state index in [9.17, 15) is 43.8 Å². The van der Waals surface area contributed by atoms with E-state index in [1.54, 1.807) is 48.5 Å². The third-order valence-electron chi connectivity index (χ3n) is 8.92. The van der Waals surface area contributed by atoms with E-state index >= 15 is 0 Å². The first-order valence-electron chi connectivity index (χ1n) is 15.2. The van der Waals surface area contributed by atoms with Gasteiger partial charge in [0.25, 0.3) is 0 Å². The van der Waals surface area contributed by atoms with Crippen molar-refractivity contribution in [3.05, 3.63) is 23.3 Å². The highest BCUT2D eigenvalue weighted by atomic mass is 16.6. The van der Waals surface area contributed by atoms with Crippen LogP contribution in [0.1, 0.15) is 70.3 Å². The van der Waals surface area contributed by atoms with Crippen LogP contribution in [0.5, 0.6) is 5.75 Å². The van der Waals surface area contributed by atoms with E-state index in [1.807, 2.05) is 0 Å². The van der Waals surface area contributed by atoms with Crippen molar-refractivity contribution in [1.82, 2.24) is 15.5 Å². The van der Waals surface area contributed by atoms with Crippen molar-refractivity contribution in [2.75, 3.05) is 19.4 Å². The number of rotatable bonds is 4. The van der Waals surface area contributed by atoms with Crippen LogP contribution in [0.4, 0.5) is 15.3 Å². The van der Waals surface area contributed by atoms with E-state index in [-0.39, 0.29) is 16.8 Å². The standard InChI is InChI=1S/C32H43N5O10/c1-12-13-10-11-14(34-28(45)35-30(2,3)4)21(38)16(13)22(39)17-15(12)23(40)19-20(37(8)9)24(41)18(27(33)44)26(43)32(19,25(17)42)47-29(46)36-31(5,6)7/h10-12,15,17-20,23,38,40H,1-9H3,(H2,33,44)(H,36,46)(H2,34,35,45). The molecule has 47 heavy (non-hydrogen) atoms. The molecule has 0 saturated heterocycles. The predicted octanol–water partition coefficient (Wildman–Crippen LogP) is 0.851. The molecule has 0 bridgehead atoms. The number of carbonyl (C=O) groups is 7. The molecule has 15 nitrogen and oxygen atoms in total. The van der Waals surface area contributed by atoms with Crippen LogP contribution >= 0.6 is 0 Å². The number of benzene rings is 1. The predicted molar refractivity (Wildman–Crippen MR) is 167 cm³/mol. The van der Waals surface area contributed by atoms with Gasteiger partial charge >= 0.3 is 12.1 Å². The number of amides is 4. The second-order valence-electron chi connectivity index (χ2n) is 14.9. The van der Waals surface area contributed by atoms with Gasteiger partial charge in [0.05, 0.1) is 35.2 Å². The SMILES string of the molecule is CC1c2ccc(NC(=O)NC(C)(C)C)c(O)c2C(=O)C2C(=O)C3(OC(=O)NC(C)(C)C)C(=O)C(C(N)=O)C(=O)C(N(C)C)C3C(O)C21. The molecule has 0 spiro atoms. The number of primary amides is 1. The molecular weight excluding hydrogens is 614 g/mol. The van der Waals surface area contributed by atoms with Gasteiger partial charge in [-0.3, -0.25) is 28.9 Å². The number of Topliss-reactive ketones (excluding diaryl/α,β-unsaturated/α-hetero) is 4. The Labute approximate surface area is 271 Å². The molecule has 0 aromatic heterocycles. The molecule has 3 aliphatic rings. The summed E-state index contributed by atoms with van der Waals surface area (Å²) >= 11 is 0. The summed E-state index contributed by atoms with van der Waals surface area (Å²) in [5.41, 5.74) is 0.672. The van der Waals surface area contributed by atoms with Gasteiger partial charge in [-0.1, -0.05) is 13.0 Å². The number of nitrogens with zero attached hydrogens (tertiary/aromatic N) is 1. The van der Waals surface area contributed by atoms with Crippen molar-refractivity contribution in [3.8, 4) is 5.75 Å². The van der Waals surface area contributed by atoms with E-state index in [4.69, 9.17) is 10.5 Å². The number of hydrogen-bond acceptors (Lipinski definition) is 11. The van der Waals surface area contributed by atoms with Crippen LogP contribution < -0.4 is 21.7 Å². The smallest absolute Gasteiger partial charge is 0.409 e. The number of ketones is 4. The molecule has 0 aliphatic heterocycles. The summed E-state index contributed by atoms with van der Waals surface area (Å²) in [5.74, 6) is -14.7. The summed E-state index contributed by atoms with van der Waals surface area (Å²) in [6.07, 6.45) is -3.07. The summed E-state index contributed by atoms with van der Waals surface area (Å²) in [6, 6.07) is 0.639. The molecule has 256 valence electrons. The van der Waals surface area contributed by atoms with Crippen LogP contribution in [-0.2, 0) is 23.9 Å². The Bertz CT molecular complexity index is 1570. The van der Waals surface area contributed by atoms with Crippen LogP contribution in [0.2, 0.25) is 0 Å². The number of phenolic OH excluding ortho intramolecular Hbond substituents is 1. The lowest BCUT2D eigenvalue weighted by Crippen LogP contribution is -2.79. The second kappa shape index (κ2) is 11.7. The Morgan fingerprint density at radius 3 is 2.04 bits per heavy atom. The largest absolute Gasteiger partial charge is 0.505 e. The molecule has 0 heterocycles. The molecule has 0 radical (unpaired) electrons. The van der Waals surface area contributed by atoms with Gasteiger partial charge in [0.1, 0.15) is 5.75 Å². The van der Waals surface area contributed by atoms with E-state index in [1.165, 1.54) is 31.1 Å². The molecule has 3 aliphatic carbocycles. The number of ether oxygens (including phenoxy) is 1. The third kappa shape index (κ3) is 5.86. The summed E-state index contributed by atoms with van der Waals surface area (Å²) < 4.78 is 5.66. The van der Waals surface area contributed by atoms with Gasteiger partial charge in [-0.25, -0.2) is 9.59 Å². The average molecular weight is 658 g/mol. The number of nitrogens with two attached hydrogens (primary N) is 1. The van der Waals surface area contributed by atoms with Crippen molar-refractivity contribution in [2.24, 2.45) is 29.4 Å². The van der Waals surface area contributed by atoms with Crippen molar-refractivity contribution in [2.45, 2.75) is 83.2 Å². The maximum absolute atomic E-state index is 14.8. The Balaban J connectivity index is 1.94. The Morgan fingerprint density at radius 2 is 1.53 bits per heavy atom. The summed E-state index contributed by atoms with van der Waals surface area (Å²) in [4.78, 5) is 96.8. The van der Waals surface area contributed by atoms with Crippen molar-refractivity contribution < 1.29 is 48.5 Å². The molecule has 8 atom stereocenters. The first-order chi connectivity index (χ1) is 21.5. The van der Waals surface area contributed by atoms with Crippen LogP contribution in [-0.4, -0.2) is 99.2 Å². The van der Waals surface area contributed by atoms with Gasteiger partial charge in [-0.15, -0.1) is 0 Å². The number of hydrogen-bond donors (Lipinski definition) is 6. The maximum atomic E-state index is 14.8. The first kappa shape index (κ1) is 35.5. The van der Waals surface area contributed by atoms with Gasteiger partial charge in [-0.05, 0) is 73.2 Å². The fourth-order valence-electron chi connectivity index (χ4n) is 7.21. The molecular formula is C32H43N5O10. The van der Waals surface area contributed by atoms with Crippen LogP contribution in [0.15, 0.2) is 12.1 Å². The molecule has 2 saturated carbocycles. The quantitative estimate of drug-likeness (QED) is 0.196. The van der Waals surface area contributed by atoms with E-state index in [0.29, 0.717) is 0 Å². The van der Waals surface area contributed by atoms with Crippen molar-refractivity contribution in [3.63, 3.8) is 0 Å². The van der Waals surface area contributed by atoms with Gasteiger partial charge in [0.2, 0.25) is 17.3 Å². The molecule has 8 unspecified atom stereocenters. The number of aliphatic hydroxyl groups excluding tert-OH is 1. The fourth-order valence-corrected chi connectivity index (χ4v) is 7.21. The first-order valence-corrected chi connectivity index (χ1v) is 15.2. The topological polar surface area (TPSA) is 235 Å². The zero-order valence-corrected chi connectivity index (χ0v) is 27.9. The number of anilines is 1. The Kier molecular flexibility index (Phi) is 8.84. The van der Waals surface area contributed by atoms with Crippen molar-refractivity contribution >= 4 is 46.9 Å². The van der Waals surface area contributed by atoms with Crippen LogP contribution in [0.3, 0.4) is 0 Å². The Morgan fingerprint density at radius 1 is 0.957 bits per heavy atom. The molecule has 4 rings (SSSR count). The molecule has 1 aromatic carbocycles. The summed E-state index contributed by atoms with van der Waals surface area (Å²) in [5, 5.41) is 31.0. The minimum Gasteiger partial charge on any atom is -0.505 e. The zero-order valence-electron chi connectivity index (χ0n) is 27.9. The van der Waals surface area contributed by atoms with E-state index < -0.39 is 105 Å². The zero-order chi connectivity index (χ0) is 35.7. The second-order valence-corrected chi connectivity index (χ2v) is 14.9. The van der Waals surface area contributed by atoms with Gasteiger partial charge in [-0.2, -0.15) is 0 Å². The highest BCUT2D eigenvalue weighted by molar-refractivity contribution is 6.33. The molecule has 7 N–H and O–H groups in total. The monoisotopic (exact) mass is 657 g/mol. The lowest BCUT2D eigenvalue weighted by molar-refractivity contribution is -0.197. The van der Waals surface area contributed by atoms with Crippen LogP contribution in [0.25, 0.3) is 0 Å². The highest BCUT2D eigenvalue weighted by Crippen LogP contribution is 2.56. The Hall–Kier alpha value is -4.37. The third-order valence-corrected chi connectivity index (χ3v) is 8.92. The number of likely N-dealkylation sites (N-methyl/N-ethyl adjacent to an activating group) is 1. The number of phenols is 1. The normalized spacial score (nSPS) is 30.6. The minimum atomic E-state index is -3.00. The summed E-state index contributed by atoms with van der Waals surface area (Å²) in [6.45, 7) is 11.6. The molecule has 1 aromatic rings. The van der Waals surface area contributed by atoms with E-state index in [0.717, 1.165) is 0 Å². The number of alkyl carbamates (subject to hydrolysis) is 1. The number of nitrogens with one attached hydrogen (secondary N) is 3.